The van der Waals surface area contributed by atoms with Gasteiger partial charge >= 0.3 is 0 Å². The Morgan fingerprint density at radius 3 is 1.45 bits per heavy atom. The molecule has 0 unspecified atom stereocenters. The zero-order valence-electron chi connectivity index (χ0n) is 16.5. The molecule has 15 heteroatoms. The Balaban J connectivity index is 0.000000752. The van der Waals surface area contributed by atoms with Gasteiger partial charge in [0.05, 0.1) is 20.2 Å². The summed E-state index contributed by atoms with van der Waals surface area (Å²) in [7, 11) is -7.83. The van der Waals surface area contributed by atoms with Gasteiger partial charge in [0.25, 0.3) is 13.5 Å². The van der Waals surface area contributed by atoms with E-state index in [4.69, 9.17) is 41.1 Å². The lowest BCUT2D eigenvalue weighted by Crippen LogP contribution is -2.44. The minimum absolute atomic E-state index is 0.291. The number of rotatable bonds is 6. The van der Waals surface area contributed by atoms with Crippen LogP contribution in [-0.2, 0) is 38.4 Å². The summed E-state index contributed by atoms with van der Waals surface area (Å²) in [5.74, 6) is 0. The standard InChI is InChI=1S/C14H14N4O3.2CH4O3S/c19-15-9-13-5-1-3-7-17(13)11-21-12-18-8-4-2-6-14(18)10-16-20;2*1-5(2,3)4/h1-10H,11-12H2;2*1H3,(H,2,3,4). The Bertz CT molecular complexity index is 971. The van der Waals surface area contributed by atoms with Gasteiger partial charge in [0.1, 0.15) is 12.4 Å². The van der Waals surface area contributed by atoms with E-state index < -0.39 is 20.2 Å². The summed E-state index contributed by atoms with van der Waals surface area (Å²) in [5, 5.41) is 23.3. The summed E-state index contributed by atoms with van der Waals surface area (Å²) in [5.41, 5.74) is 1.44. The van der Waals surface area contributed by atoms with Crippen LogP contribution in [-0.4, -0.2) is 61.3 Å². The molecule has 2 rings (SSSR count). The molecule has 0 fully saturated rings. The molecule has 0 aromatic carbocycles. The van der Waals surface area contributed by atoms with E-state index in [0.29, 0.717) is 26.0 Å². The first-order valence-corrected chi connectivity index (χ1v) is 11.7. The van der Waals surface area contributed by atoms with Crippen molar-refractivity contribution in [3.8, 4) is 0 Å². The number of pyridine rings is 2. The molecule has 0 aliphatic heterocycles. The smallest absolute Gasteiger partial charge is 0.258 e. The number of ether oxygens (including phenoxy) is 1. The molecule has 0 spiro atoms. The molecular weight excluding hydrogens is 456 g/mol. The second-order valence-electron chi connectivity index (χ2n) is 5.55. The Kier molecular flexibility index (Phi) is 12.7. The van der Waals surface area contributed by atoms with Gasteiger partial charge in [0.15, 0.2) is 12.4 Å². The van der Waals surface area contributed by atoms with Crippen LogP contribution in [0.3, 0.4) is 0 Å². The first kappa shape index (κ1) is 28.0. The van der Waals surface area contributed by atoms with Gasteiger partial charge in [-0.15, -0.1) is 0 Å². The molecule has 0 amide bonds. The first-order valence-electron chi connectivity index (χ1n) is 8.06. The highest BCUT2D eigenvalue weighted by Crippen LogP contribution is 1.90. The van der Waals surface area contributed by atoms with Gasteiger partial charge in [-0.05, 0) is 12.1 Å². The zero-order valence-corrected chi connectivity index (χ0v) is 18.2. The van der Waals surface area contributed by atoms with Crippen LogP contribution >= 0.6 is 0 Å². The van der Waals surface area contributed by atoms with Crippen molar-refractivity contribution in [2.24, 2.45) is 10.3 Å². The average molecular weight is 479 g/mol. The monoisotopic (exact) mass is 478 g/mol. The first-order chi connectivity index (χ1) is 14.3. The highest BCUT2D eigenvalue weighted by atomic mass is 32.2. The summed E-state index contributed by atoms with van der Waals surface area (Å²) in [4.78, 5) is 0. The second-order valence-corrected chi connectivity index (χ2v) is 8.37. The fourth-order valence-electron chi connectivity index (χ4n) is 1.80. The van der Waals surface area contributed by atoms with E-state index in [-0.39, 0.29) is 0 Å². The van der Waals surface area contributed by atoms with Gasteiger partial charge in [-0.2, -0.15) is 9.13 Å². The maximum atomic E-state index is 9.08. The molecular formula is C16H22N4O9S2. The van der Waals surface area contributed by atoms with Crippen molar-refractivity contribution in [1.82, 2.24) is 0 Å². The molecule has 2 aromatic heterocycles. The predicted octanol–water partition coefficient (Wildman–Crippen LogP) is -1.17. The lowest BCUT2D eigenvalue weighted by Gasteiger charge is -2.01. The van der Waals surface area contributed by atoms with E-state index in [0.717, 1.165) is 11.4 Å². The number of nitrogens with zero attached hydrogens (tertiary/aromatic N) is 4. The minimum atomic E-state index is -3.92. The summed E-state index contributed by atoms with van der Waals surface area (Å²) >= 11 is 0. The van der Waals surface area contributed by atoms with Crippen molar-refractivity contribution in [3.63, 3.8) is 0 Å². The van der Waals surface area contributed by atoms with Crippen molar-refractivity contribution in [3.05, 3.63) is 60.2 Å². The molecule has 0 bridgehead atoms. The third kappa shape index (κ3) is 17.6. The van der Waals surface area contributed by atoms with Crippen molar-refractivity contribution < 1.29 is 50.2 Å². The second kappa shape index (κ2) is 14.1. The molecule has 2 heterocycles. The summed E-state index contributed by atoms with van der Waals surface area (Å²) in [6.07, 6.45) is 7.53. The van der Waals surface area contributed by atoms with E-state index in [1.807, 2.05) is 48.8 Å². The average Bonchev–Trinajstić information content (AvgIpc) is 2.62. The van der Waals surface area contributed by atoms with Crippen LogP contribution in [0.1, 0.15) is 11.4 Å². The van der Waals surface area contributed by atoms with Crippen molar-refractivity contribution in [2.75, 3.05) is 12.5 Å². The highest BCUT2D eigenvalue weighted by Gasteiger charge is 2.11. The number of hydrogen-bond acceptors (Lipinski definition) is 11. The quantitative estimate of drug-likeness (QED) is 0.169. The van der Waals surface area contributed by atoms with E-state index >= 15 is 0 Å². The van der Waals surface area contributed by atoms with Crippen LogP contribution in [0, 0.1) is 0 Å². The number of hydrogen-bond donors (Lipinski definition) is 2. The lowest BCUT2D eigenvalue weighted by molar-refractivity contribution is -0.789. The maximum absolute atomic E-state index is 9.08. The highest BCUT2D eigenvalue weighted by molar-refractivity contribution is 7.85. The minimum Gasteiger partial charge on any atom is -0.748 e. The largest absolute Gasteiger partial charge is 0.748 e. The van der Waals surface area contributed by atoms with Crippen molar-refractivity contribution >= 4 is 32.7 Å². The van der Waals surface area contributed by atoms with Gasteiger partial charge in [-0.1, -0.05) is 10.3 Å². The maximum Gasteiger partial charge on any atom is 0.258 e. The molecule has 0 aliphatic carbocycles. The lowest BCUT2D eigenvalue weighted by atomic mass is 10.3. The predicted molar refractivity (Wildman–Crippen MR) is 104 cm³/mol. The van der Waals surface area contributed by atoms with Gasteiger partial charge in [0, 0.05) is 36.8 Å². The van der Waals surface area contributed by atoms with Crippen LogP contribution in [0.25, 0.3) is 0 Å². The van der Waals surface area contributed by atoms with Crippen LogP contribution in [0.5, 0.6) is 0 Å². The molecule has 0 aliphatic rings. The Morgan fingerprint density at radius 1 is 0.839 bits per heavy atom. The van der Waals surface area contributed by atoms with Crippen molar-refractivity contribution in [1.29, 1.82) is 0 Å². The molecule has 2 aromatic rings. The molecule has 2 N–H and O–H groups in total. The van der Waals surface area contributed by atoms with E-state index in [1.165, 1.54) is 12.4 Å². The van der Waals surface area contributed by atoms with Crippen LogP contribution < -0.4 is 9.13 Å². The van der Waals surface area contributed by atoms with Crippen LogP contribution in [0.4, 0.5) is 0 Å². The third-order valence-corrected chi connectivity index (χ3v) is 2.79. The molecule has 0 atom stereocenters. The van der Waals surface area contributed by atoms with Crippen LogP contribution in [0.15, 0.2) is 59.1 Å². The van der Waals surface area contributed by atoms with Gasteiger partial charge in [0.2, 0.25) is 11.4 Å². The topological polar surface area (TPSA) is 197 Å². The molecule has 0 saturated heterocycles. The third-order valence-electron chi connectivity index (χ3n) is 2.79. The summed E-state index contributed by atoms with van der Waals surface area (Å²) < 4.78 is 63.7. The van der Waals surface area contributed by atoms with E-state index in [1.54, 1.807) is 9.13 Å². The van der Waals surface area contributed by atoms with Gasteiger partial charge < -0.3 is 19.5 Å². The molecule has 13 nitrogen and oxygen atoms in total. The Hall–Kier alpha value is -2.98. The molecule has 172 valence electrons. The summed E-state index contributed by atoms with van der Waals surface area (Å²) in [6.45, 7) is 0.583. The van der Waals surface area contributed by atoms with E-state index in [2.05, 4.69) is 10.3 Å². The molecule has 31 heavy (non-hydrogen) atoms. The number of oxime groups is 2. The Labute approximate surface area is 179 Å². The molecule has 0 radical (unpaired) electrons. The fourth-order valence-corrected chi connectivity index (χ4v) is 1.80. The van der Waals surface area contributed by atoms with Crippen LogP contribution in [0.2, 0.25) is 0 Å². The Morgan fingerprint density at radius 2 is 1.16 bits per heavy atom. The summed E-state index contributed by atoms with van der Waals surface area (Å²) in [6, 6.07) is 11.0. The normalized spacial score (nSPS) is 11.5. The zero-order chi connectivity index (χ0) is 23.9. The van der Waals surface area contributed by atoms with E-state index in [9.17, 15) is 0 Å². The van der Waals surface area contributed by atoms with Gasteiger partial charge in [-0.25, -0.2) is 16.8 Å². The van der Waals surface area contributed by atoms with Gasteiger partial charge in [-0.3, -0.25) is 4.74 Å². The number of aromatic nitrogens is 2. The fraction of sp³-hybridized carbons (Fsp3) is 0.250. The van der Waals surface area contributed by atoms with Crippen molar-refractivity contribution in [2.45, 2.75) is 13.5 Å². The SMILES string of the molecule is CS(=O)(=O)[O-].CS(=O)(=O)[O-].O/N=C/c1cccc[n+]1COC[n+]1ccccc1/C=N/O. The molecule has 0 saturated carbocycles.